The molecule has 1 aliphatic heterocycles. The molecule has 2 unspecified atom stereocenters. The summed E-state index contributed by atoms with van der Waals surface area (Å²) in [7, 11) is -22.6. The summed E-state index contributed by atoms with van der Waals surface area (Å²) in [6.07, 6.45) is -3.21. The van der Waals surface area contributed by atoms with Crippen LogP contribution in [0.15, 0.2) is 11.1 Å². The molecule has 1 fully saturated rings. The molecule has 0 saturated carbocycles. The van der Waals surface area contributed by atoms with Crippen LogP contribution in [0.1, 0.15) is 6.23 Å². The van der Waals surface area contributed by atoms with Gasteiger partial charge in [0.1, 0.15) is 18.3 Å². The molecule has 1 aliphatic rings. The third-order valence-electron chi connectivity index (χ3n) is 3.87. The molecule has 0 spiro atoms. The molecule has 27 heteroatoms. The molecule has 1 saturated heterocycles. The fourth-order valence-electron chi connectivity index (χ4n) is 2.67. The first-order valence-corrected chi connectivity index (χ1v) is 15.0. The zero-order chi connectivity index (χ0) is 28.6. The molecule has 2 aromatic heterocycles. The Labute approximate surface area is 202 Å². The van der Waals surface area contributed by atoms with Crippen molar-refractivity contribution >= 4 is 48.4 Å². The Bertz CT molecular complexity index is 1320. The third-order valence-corrected chi connectivity index (χ3v) is 8.87. The summed E-state index contributed by atoms with van der Waals surface area (Å²) >= 11 is 0. The van der Waals surface area contributed by atoms with E-state index in [1.165, 1.54) is 10.9 Å². The number of fused-ring (bicyclic) bond motifs is 1. The first-order chi connectivity index (χ1) is 16.6. The number of ether oxygens (including phenoxy) is 1. The van der Waals surface area contributed by atoms with Gasteiger partial charge < -0.3 is 55.2 Å². The van der Waals surface area contributed by atoms with E-state index in [1.807, 2.05) is 0 Å². The Balaban J connectivity index is 0.000000265. The van der Waals surface area contributed by atoms with Crippen LogP contribution < -0.4 is 11.3 Å². The number of aromatic amines is 1. The SMILES string of the molecule is Nc1nc2c(ncn2[C@@H]2O[C@H](CO)[C@@H](O)[C@H]2O)c(=O)[nH]1.O=P(O)(O)OP(=O)(O)OP(=O)(O)OP(=O)(O)O. The number of H-pyrrole nitrogens is 1. The number of nitrogen functional groups attached to an aromatic ring is 1. The van der Waals surface area contributed by atoms with Gasteiger partial charge in [-0.05, 0) is 0 Å². The van der Waals surface area contributed by atoms with E-state index in [0.717, 1.165) is 0 Å². The van der Waals surface area contributed by atoms with Gasteiger partial charge in [0.05, 0.1) is 12.9 Å². The minimum Gasteiger partial charge on any atom is -0.394 e. The number of hydrogen-bond acceptors (Lipinski definition) is 15. The zero-order valence-corrected chi connectivity index (χ0v) is 21.1. The van der Waals surface area contributed by atoms with Crippen LogP contribution in [0.25, 0.3) is 11.2 Å². The summed E-state index contributed by atoms with van der Waals surface area (Å²) in [6.45, 7) is -0.447. The van der Waals surface area contributed by atoms with Crippen molar-refractivity contribution in [2.45, 2.75) is 24.5 Å². The highest BCUT2D eigenvalue weighted by Crippen LogP contribution is 2.69. The van der Waals surface area contributed by atoms with Crippen LogP contribution in [0.4, 0.5) is 5.95 Å². The molecule has 212 valence electrons. The van der Waals surface area contributed by atoms with Crippen LogP contribution >= 0.6 is 31.3 Å². The molecule has 3 rings (SSSR count). The average molecular weight is 621 g/mol. The van der Waals surface area contributed by atoms with E-state index < -0.39 is 68.0 Å². The Morgan fingerprint density at radius 2 is 1.49 bits per heavy atom. The van der Waals surface area contributed by atoms with E-state index in [9.17, 15) is 33.3 Å². The molecule has 6 atom stereocenters. The molecule has 2 aromatic rings. The largest absolute Gasteiger partial charge is 0.490 e. The van der Waals surface area contributed by atoms with Crippen LogP contribution in [0, 0.1) is 0 Å². The van der Waals surface area contributed by atoms with Gasteiger partial charge >= 0.3 is 31.3 Å². The van der Waals surface area contributed by atoms with Crippen LogP contribution in [-0.4, -0.2) is 89.1 Å². The second-order valence-corrected chi connectivity index (χ2v) is 12.5. The molecule has 37 heavy (non-hydrogen) atoms. The predicted octanol–water partition coefficient (Wildman–Crippen LogP) is -3.26. The number of imidazole rings is 1. The van der Waals surface area contributed by atoms with Crippen molar-refractivity contribution < 1.29 is 80.6 Å². The van der Waals surface area contributed by atoms with Crippen molar-refractivity contribution in [2.75, 3.05) is 12.3 Å². The van der Waals surface area contributed by atoms with Crippen LogP contribution in [0.5, 0.6) is 0 Å². The van der Waals surface area contributed by atoms with E-state index >= 15 is 0 Å². The molecule has 0 amide bonds. The van der Waals surface area contributed by atoms with Gasteiger partial charge in [-0.2, -0.15) is 17.9 Å². The predicted molar refractivity (Wildman–Crippen MR) is 113 cm³/mol. The number of nitrogens with one attached hydrogen (secondary N) is 1. The standard InChI is InChI=1S/C10H13N5O5.H6O13P4/c11-10-13-7-4(8(19)14-10)12-2-15(7)9-6(18)5(17)3(1-16)20-9;1-14(2,3)11-16(7,8)13-17(9,10)12-15(4,5)6/h2-3,5-6,9,16-18H,1H2,(H3,11,13,14,19);(H,7,8)(H,9,10)(H2,1,2,3)(H2,4,5,6)/t3-,5-,6-,9-;/m1./s1. The Morgan fingerprint density at radius 3 is 1.92 bits per heavy atom. The second-order valence-electron chi connectivity index (χ2n) is 6.67. The number of phosphoric acid groups is 4. The van der Waals surface area contributed by atoms with E-state index in [0.29, 0.717) is 0 Å². The highest BCUT2D eigenvalue weighted by atomic mass is 31.3. The van der Waals surface area contributed by atoms with Gasteiger partial charge in [-0.25, -0.2) is 23.2 Å². The van der Waals surface area contributed by atoms with Gasteiger partial charge in [0.2, 0.25) is 5.95 Å². The van der Waals surface area contributed by atoms with E-state index in [4.69, 9.17) is 44.9 Å². The minimum atomic E-state index is -5.77. The van der Waals surface area contributed by atoms with Gasteiger partial charge in [-0.1, -0.05) is 0 Å². The monoisotopic (exact) mass is 621 g/mol. The highest BCUT2D eigenvalue weighted by Gasteiger charge is 2.45. The fourth-order valence-corrected chi connectivity index (χ4v) is 6.64. The molecule has 0 aromatic carbocycles. The molecule has 3 heterocycles. The topological polar surface area (TPSA) is 377 Å². The lowest BCUT2D eigenvalue weighted by Gasteiger charge is -2.16. The summed E-state index contributed by atoms with van der Waals surface area (Å²) in [5.74, 6) is -0.101. The quantitative estimate of drug-likeness (QED) is 0.129. The van der Waals surface area contributed by atoms with Crippen molar-refractivity contribution in [3.05, 3.63) is 16.7 Å². The van der Waals surface area contributed by atoms with Crippen LogP contribution in [0.3, 0.4) is 0 Å². The number of aliphatic hydroxyl groups excluding tert-OH is 3. The zero-order valence-electron chi connectivity index (χ0n) is 17.5. The first kappa shape index (κ1) is 31.8. The maximum Gasteiger partial charge on any atom is 0.490 e. The summed E-state index contributed by atoms with van der Waals surface area (Å²) < 4.78 is 57.5. The lowest BCUT2D eigenvalue weighted by atomic mass is 10.1. The molecule has 0 bridgehead atoms. The summed E-state index contributed by atoms with van der Waals surface area (Å²) in [6, 6.07) is 0. The first-order valence-electron chi connectivity index (χ1n) is 8.90. The van der Waals surface area contributed by atoms with Crippen molar-refractivity contribution in [2.24, 2.45) is 0 Å². The van der Waals surface area contributed by atoms with Gasteiger partial charge in [0.15, 0.2) is 17.4 Å². The lowest BCUT2D eigenvalue weighted by molar-refractivity contribution is -0.0511. The van der Waals surface area contributed by atoms with E-state index in [1.54, 1.807) is 0 Å². The molecular weight excluding hydrogens is 602 g/mol. The Hall–Kier alpha value is -1.45. The smallest absolute Gasteiger partial charge is 0.394 e. The number of hydrogen-bond donors (Lipinski definition) is 11. The average Bonchev–Trinajstić information content (AvgIpc) is 3.18. The normalized spacial score (nSPS) is 25.8. The summed E-state index contributed by atoms with van der Waals surface area (Å²) in [5.41, 5.74) is 5.12. The fraction of sp³-hybridized carbons (Fsp3) is 0.500. The maximum absolute atomic E-state index is 11.7. The van der Waals surface area contributed by atoms with Crippen molar-refractivity contribution in [3.63, 3.8) is 0 Å². The van der Waals surface area contributed by atoms with Crippen molar-refractivity contribution in [3.8, 4) is 0 Å². The van der Waals surface area contributed by atoms with Gasteiger partial charge in [-0.3, -0.25) is 14.3 Å². The number of aliphatic hydroxyl groups is 3. The Morgan fingerprint density at radius 1 is 0.973 bits per heavy atom. The number of nitrogens with two attached hydrogens (primary N) is 1. The number of anilines is 1. The molecule has 0 radical (unpaired) electrons. The molecule has 12 N–H and O–H groups in total. The third kappa shape index (κ3) is 9.06. The summed E-state index contributed by atoms with van der Waals surface area (Å²) in [5, 5.41) is 28.7. The van der Waals surface area contributed by atoms with Crippen molar-refractivity contribution in [1.82, 2.24) is 19.5 Å². The molecule has 23 nitrogen and oxygen atoms in total. The minimum absolute atomic E-state index is 0.0388. The van der Waals surface area contributed by atoms with Crippen molar-refractivity contribution in [1.29, 1.82) is 0 Å². The van der Waals surface area contributed by atoms with E-state index in [-0.39, 0.29) is 17.1 Å². The Kier molecular flexibility index (Phi) is 9.74. The molecular formula is C10H19N5O18P4. The van der Waals surface area contributed by atoms with Crippen LogP contribution in [-0.2, 0) is 35.9 Å². The lowest BCUT2D eigenvalue weighted by Crippen LogP contribution is -2.33. The maximum atomic E-state index is 11.7. The van der Waals surface area contributed by atoms with Gasteiger partial charge in [0, 0.05) is 0 Å². The molecule has 0 aliphatic carbocycles. The van der Waals surface area contributed by atoms with E-state index in [2.05, 4.69) is 27.9 Å². The number of rotatable bonds is 8. The highest BCUT2D eigenvalue weighted by molar-refractivity contribution is 7.69. The number of nitrogens with zero attached hydrogens (tertiary/aromatic N) is 3. The summed E-state index contributed by atoms with van der Waals surface area (Å²) in [4.78, 5) is 71.2. The number of aromatic nitrogens is 4. The van der Waals surface area contributed by atoms with Crippen LogP contribution in [0.2, 0.25) is 0 Å². The van der Waals surface area contributed by atoms with Gasteiger partial charge in [-0.15, -0.1) is 0 Å². The second kappa shape index (κ2) is 11.3. The van der Waals surface area contributed by atoms with Gasteiger partial charge in [0.25, 0.3) is 5.56 Å².